The molecule has 1 heterocycles. The number of imide groups is 1. The molecule has 1 unspecified atom stereocenters. The predicted molar refractivity (Wildman–Crippen MR) is 110 cm³/mol. The molecule has 3 aromatic rings. The van der Waals surface area contributed by atoms with Crippen molar-refractivity contribution in [1.29, 1.82) is 0 Å². The van der Waals surface area contributed by atoms with Crippen molar-refractivity contribution in [2.45, 2.75) is 19.0 Å². The third-order valence-corrected chi connectivity index (χ3v) is 5.40. The normalized spacial score (nSPS) is 18.8. The average Bonchev–Trinajstić information content (AvgIpc) is 2.97. The van der Waals surface area contributed by atoms with Crippen LogP contribution in [0.15, 0.2) is 60.7 Å². The van der Waals surface area contributed by atoms with Gasteiger partial charge in [0.05, 0.1) is 20.8 Å². The molecule has 1 fully saturated rings. The number of carbonyl (C=O) groups is 2. The molecule has 148 valence electrons. The molecule has 0 saturated carbocycles. The Morgan fingerprint density at radius 3 is 2.17 bits per heavy atom. The monoisotopic (exact) mass is 390 g/mol. The lowest BCUT2D eigenvalue weighted by Crippen LogP contribution is -2.40. The van der Waals surface area contributed by atoms with E-state index >= 15 is 0 Å². The standard InChI is InChI=1S/C23H22N2O4/c1-23(18-8-6-17-13-20(29-3)11-7-16(17)12-18)21(26)25(22(27)24-23)14-15-4-9-19(28-2)10-5-15/h4-13H,14H2,1-3H3,(H,24,27). The summed E-state index contributed by atoms with van der Waals surface area (Å²) in [6.45, 7) is 1.95. The zero-order valence-electron chi connectivity index (χ0n) is 16.6. The summed E-state index contributed by atoms with van der Waals surface area (Å²) in [5.41, 5.74) is 0.479. The van der Waals surface area contributed by atoms with Crippen LogP contribution in [0.25, 0.3) is 10.8 Å². The van der Waals surface area contributed by atoms with E-state index in [1.165, 1.54) is 4.90 Å². The van der Waals surface area contributed by atoms with E-state index in [1.54, 1.807) is 21.1 Å². The van der Waals surface area contributed by atoms with Gasteiger partial charge in [0.1, 0.15) is 17.0 Å². The van der Waals surface area contributed by atoms with Crippen molar-refractivity contribution in [3.05, 3.63) is 71.8 Å². The largest absolute Gasteiger partial charge is 0.497 e. The van der Waals surface area contributed by atoms with Crippen LogP contribution in [0.2, 0.25) is 0 Å². The number of fused-ring (bicyclic) bond motifs is 1. The molecular formula is C23H22N2O4. The fourth-order valence-electron chi connectivity index (χ4n) is 3.61. The lowest BCUT2D eigenvalue weighted by atomic mass is 9.90. The summed E-state index contributed by atoms with van der Waals surface area (Å²) in [5.74, 6) is 1.22. The van der Waals surface area contributed by atoms with E-state index in [2.05, 4.69) is 5.32 Å². The van der Waals surface area contributed by atoms with Crippen LogP contribution in [-0.4, -0.2) is 31.1 Å². The predicted octanol–water partition coefficient (Wildman–Crippen LogP) is 3.82. The van der Waals surface area contributed by atoms with Gasteiger partial charge in [-0.1, -0.05) is 30.3 Å². The van der Waals surface area contributed by atoms with E-state index < -0.39 is 11.6 Å². The molecule has 3 aromatic carbocycles. The number of benzene rings is 3. The van der Waals surface area contributed by atoms with Crippen molar-refractivity contribution in [1.82, 2.24) is 10.2 Å². The molecule has 1 saturated heterocycles. The van der Waals surface area contributed by atoms with Gasteiger partial charge in [0.25, 0.3) is 5.91 Å². The molecule has 6 nitrogen and oxygen atoms in total. The van der Waals surface area contributed by atoms with Gasteiger partial charge in [0.2, 0.25) is 0 Å². The van der Waals surface area contributed by atoms with Crippen molar-refractivity contribution in [2.75, 3.05) is 14.2 Å². The van der Waals surface area contributed by atoms with Gasteiger partial charge in [-0.2, -0.15) is 0 Å². The van der Waals surface area contributed by atoms with Crippen LogP contribution < -0.4 is 14.8 Å². The maximum atomic E-state index is 13.2. The van der Waals surface area contributed by atoms with Crippen LogP contribution in [0.4, 0.5) is 4.79 Å². The van der Waals surface area contributed by atoms with E-state index in [1.807, 2.05) is 60.7 Å². The molecule has 0 spiro atoms. The number of amides is 3. The summed E-state index contributed by atoms with van der Waals surface area (Å²) in [6.07, 6.45) is 0. The SMILES string of the molecule is COc1ccc(CN2C(=O)NC(C)(c3ccc4cc(OC)ccc4c3)C2=O)cc1. The van der Waals surface area contributed by atoms with Crippen LogP contribution in [0.1, 0.15) is 18.1 Å². The quantitative estimate of drug-likeness (QED) is 0.673. The van der Waals surface area contributed by atoms with Gasteiger partial charge in [-0.25, -0.2) is 4.79 Å². The average molecular weight is 390 g/mol. The third-order valence-electron chi connectivity index (χ3n) is 5.40. The Kier molecular flexibility index (Phi) is 4.62. The first-order valence-electron chi connectivity index (χ1n) is 9.30. The highest BCUT2D eigenvalue weighted by Crippen LogP contribution is 2.32. The number of ether oxygens (including phenoxy) is 2. The van der Waals surface area contributed by atoms with Gasteiger partial charge in [-0.3, -0.25) is 9.69 Å². The molecule has 1 aliphatic heterocycles. The lowest BCUT2D eigenvalue weighted by Gasteiger charge is -2.23. The first-order valence-corrected chi connectivity index (χ1v) is 9.30. The number of nitrogens with zero attached hydrogens (tertiary/aromatic N) is 1. The smallest absolute Gasteiger partial charge is 0.325 e. The number of rotatable bonds is 5. The Morgan fingerprint density at radius 1 is 0.862 bits per heavy atom. The zero-order chi connectivity index (χ0) is 20.6. The molecule has 1 aliphatic rings. The number of methoxy groups -OCH3 is 2. The Bertz CT molecular complexity index is 1090. The minimum Gasteiger partial charge on any atom is -0.497 e. The minimum absolute atomic E-state index is 0.203. The van der Waals surface area contributed by atoms with Crippen molar-refractivity contribution in [3.63, 3.8) is 0 Å². The number of hydrogen-bond acceptors (Lipinski definition) is 4. The summed E-state index contributed by atoms with van der Waals surface area (Å²) in [5, 5.41) is 4.84. The summed E-state index contributed by atoms with van der Waals surface area (Å²) in [7, 11) is 3.22. The molecule has 6 heteroatoms. The highest BCUT2D eigenvalue weighted by Gasteiger charge is 2.48. The van der Waals surface area contributed by atoms with Gasteiger partial charge >= 0.3 is 6.03 Å². The molecule has 0 aromatic heterocycles. The number of nitrogens with one attached hydrogen (secondary N) is 1. The maximum Gasteiger partial charge on any atom is 0.325 e. The van der Waals surface area contributed by atoms with E-state index in [-0.39, 0.29) is 12.5 Å². The van der Waals surface area contributed by atoms with Crippen molar-refractivity contribution in [3.8, 4) is 11.5 Å². The van der Waals surface area contributed by atoms with Gasteiger partial charge in [0.15, 0.2) is 0 Å². The van der Waals surface area contributed by atoms with Crippen LogP contribution in [0.3, 0.4) is 0 Å². The Labute approximate surface area is 169 Å². The molecule has 0 aliphatic carbocycles. The van der Waals surface area contributed by atoms with Crippen molar-refractivity contribution >= 4 is 22.7 Å². The van der Waals surface area contributed by atoms with Crippen molar-refractivity contribution in [2.24, 2.45) is 0 Å². The first-order chi connectivity index (χ1) is 13.9. The molecule has 4 rings (SSSR count). The van der Waals surface area contributed by atoms with Crippen molar-refractivity contribution < 1.29 is 19.1 Å². The molecule has 3 amide bonds. The topological polar surface area (TPSA) is 67.9 Å². The fraction of sp³-hybridized carbons (Fsp3) is 0.217. The number of carbonyl (C=O) groups excluding carboxylic acids is 2. The molecule has 29 heavy (non-hydrogen) atoms. The second-order valence-electron chi connectivity index (χ2n) is 7.22. The molecule has 1 N–H and O–H groups in total. The van der Waals surface area contributed by atoms with Crippen LogP contribution in [0, 0.1) is 0 Å². The minimum atomic E-state index is -1.11. The molecule has 1 atom stereocenters. The summed E-state index contributed by atoms with van der Waals surface area (Å²) in [4.78, 5) is 27.1. The Morgan fingerprint density at radius 2 is 1.48 bits per heavy atom. The van der Waals surface area contributed by atoms with Crippen LogP contribution >= 0.6 is 0 Å². The fourth-order valence-corrected chi connectivity index (χ4v) is 3.61. The van der Waals surface area contributed by atoms with E-state index in [0.717, 1.165) is 33.4 Å². The number of hydrogen-bond donors (Lipinski definition) is 1. The van der Waals surface area contributed by atoms with Crippen LogP contribution in [0.5, 0.6) is 11.5 Å². The molecule has 0 bridgehead atoms. The second kappa shape index (κ2) is 7.13. The van der Waals surface area contributed by atoms with E-state index in [4.69, 9.17) is 9.47 Å². The van der Waals surface area contributed by atoms with Gasteiger partial charge in [0, 0.05) is 0 Å². The van der Waals surface area contributed by atoms with E-state index in [0.29, 0.717) is 0 Å². The Balaban J connectivity index is 1.62. The molecule has 0 radical (unpaired) electrons. The second-order valence-corrected chi connectivity index (χ2v) is 7.22. The van der Waals surface area contributed by atoms with Gasteiger partial charge < -0.3 is 14.8 Å². The summed E-state index contributed by atoms with van der Waals surface area (Å²) in [6, 6.07) is 18.4. The van der Waals surface area contributed by atoms with E-state index in [9.17, 15) is 9.59 Å². The summed E-state index contributed by atoms with van der Waals surface area (Å²) < 4.78 is 10.4. The third kappa shape index (κ3) is 3.27. The highest BCUT2D eigenvalue weighted by atomic mass is 16.5. The number of urea groups is 1. The zero-order valence-corrected chi connectivity index (χ0v) is 16.6. The van der Waals surface area contributed by atoms with Gasteiger partial charge in [-0.05, 0) is 59.2 Å². The Hall–Kier alpha value is -3.54. The molecular weight excluding hydrogens is 368 g/mol. The lowest BCUT2D eigenvalue weighted by molar-refractivity contribution is -0.131. The van der Waals surface area contributed by atoms with Crippen LogP contribution in [-0.2, 0) is 16.9 Å². The first kappa shape index (κ1) is 18.8. The van der Waals surface area contributed by atoms with Gasteiger partial charge in [-0.15, -0.1) is 0 Å². The highest BCUT2D eigenvalue weighted by molar-refractivity contribution is 6.07. The summed E-state index contributed by atoms with van der Waals surface area (Å²) >= 11 is 0. The maximum absolute atomic E-state index is 13.2.